The van der Waals surface area contributed by atoms with Crippen LogP contribution in [-0.2, 0) is 11.3 Å². The fourth-order valence-electron chi connectivity index (χ4n) is 3.30. The number of rotatable bonds is 7. The normalized spacial score (nSPS) is 13.0. The lowest BCUT2D eigenvalue weighted by atomic mass is 10.0. The minimum Gasteiger partial charge on any atom is -0.493 e. The topological polar surface area (TPSA) is 52.0 Å². The Morgan fingerprint density at radius 1 is 1.04 bits per heavy atom. The van der Waals surface area contributed by atoms with Crippen LogP contribution in [0.15, 0.2) is 30.3 Å². The van der Waals surface area contributed by atoms with E-state index in [1.807, 2.05) is 46.0 Å². The first-order chi connectivity index (χ1) is 12.8. The summed E-state index contributed by atoms with van der Waals surface area (Å²) in [6.45, 7) is 8.78. The second kappa shape index (κ2) is 8.91. The van der Waals surface area contributed by atoms with E-state index < -0.39 is 0 Å². The third kappa shape index (κ3) is 5.01. The molecule has 0 aromatic heterocycles. The Balaban J connectivity index is 2.08. The molecule has 0 heterocycles. The van der Waals surface area contributed by atoms with Crippen LogP contribution >= 0.6 is 0 Å². The van der Waals surface area contributed by atoms with E-state index in [0.717, 1.165) is 27.3 Å². The first kappa shape index (κ1) is 20.8. The molecule has 0 aliphatic rings. The van der Waals surface area contributed by atoms with Crippen LogP contribution in [0.3, 0.4) is 0 Å². The predicted octanol–water partition coefficient (Wildman–Crippen LogP) is 2.67. The summed E-state index contributed by atoms with van der Waals surface area (Å²) < 4.78 is 10.7. The van der Waals surface area contributed by atoms with Gasteiger partial charge in [0.05, 0.1) is 21.3 Å². The van der Waals surface area contributed by atoms with Crippen LogP contribution in [-0.4, -0.2) is 33.2 Å². The molecule has 1 unspecified atom stereocenters. The van der Waals surface area contributed by atoms with Crippen LogP contribution < -0.4 is 19.7 Å². The fraction of sp³-hybridized carbons (Fsp3) is 0.409. The number of anilines is 1. The Kier molecular flexibility index (Phi) is 6.86. The van der Waals surface area contributed by atoms with E-state index in [-0.39, 0.29) is 11.9 Å². The maximum atomic E-state index is 12.8. The standard InChI is InChI=1S/C22H30N2O3/c1-14-10-15(2)21(16(3)11-14)23-22(25)17(4)24(5)13-18-8-9-19(26-6)20(12-18)27-7/h8-12,17H,13H2,1-7H3,(H,23,25)/p+1/t17-/m0/s1. The second-order valence-corrected chi connectivity index (χ2v) is 7.20. The van der Waals surface area contributed by atoms with E-state index >= 15 is 0 Å². The molecule has 0 aliphatic carbocycles. The molecule has 27 heavy (non-hydrogen) atoms. The smallest absolute Gasteiger partial charge is 0.282 e. The van der Waals surface area contributed by atoms with Crippen molar-refractivity contribution in [3.63, 3.8) is 0 Å². The molecule has 5 nitrogen and oxygen atoms in total. The monoisotopic (exact) mass is 371 g/mol. The number of likely N-dealkylation sites (N-methyl/N-ethyl adjacent to an activating group) is 1. The number of methoxy groups -OCH3 is 2. The molecule has 146 valence electrons. The van der Waals surface area contributed by atoms with Crippen molar-refractivity contribution in [3.05, 3.63) is 52.6 Å². The van der Waals surface area contributed by atoms with E-state index in [0.29, 0.717) is 18.0 Å². The van der Waals surface area contributed by atoms with Crippen molar-refractivity contribution < 1.29 is 19.2 Å². The highest BCUT2D eigenvalue weighted by Crippen LogP contribution is 2.27. The quantitative estimate of drug-likeness (QED) is 0.787. The third-order valence-corrected chi connectivity index (χ3v) is 4.99. The number of carbonyl (C=O) groups excluding carboxylic acids is 1. The van der Waals surface area contributed by atoms with Crippen LogP contribution in [0.1, 0.15) is 29.2 Å². The summed E-state index contributed by atoms with van der Waals surface area (Å²) in [5.41, 5.74) is 5.38. The van der Waals surface area contributed by atoms with Crippen LogP contribution in [0.4, 0.5) is 5.69 Å². The van der Waals surface area contributed by atoms with Crippen molar-refractivity contribution in [1.29, 1.82) is 0 Å². The van der Waals surface area contributed by atoms with Crippen molar-refractivity contribution in [2.75, 3.05) is 26.6 Å². The summed E-state index contributed by atoms with van der Waals surface area (Å²) in [5, 5.41) is 3.11. The number of ether oxygens (including phenoxy) is 2. The second-order valence-electron chi connectivity index (χ2n) is 7.20. The van der Waals surface area contributed by atoms with Crippen LogP contribution in [0.5, 0.6) is 11.5 Å². The number of carbonyl (C=O) groups is 1. The molecule has 0 saturated carbocycles. The molecule has 2 aromatic carbocycles. The Hall–Kier alpha value is -2.53. The van der Waals surface area contributed by atoms with Gasteiger partial charge < -0.3 is 19.7 Å². The minimum atomic E-state index is -0.196. The molecule has 0 spiro atoms. The zero-order valence-corrected chi connectivity index (χ0v) is 17.4. The molecule has 2 atom stereocenters. The van der Waals surface area contributed by atoms with Gasteiger partial charge in [0.1, 0.15) is 6.54 Å². The van der Waals surface area contributed by atoms with Gasteiger partial charge in [0.25, 0.3) is 5.91 Å². The van der Waals surface area contributed by atoms with Gasteiger partial charge in [-0.3, -0.25) is 4.79 Å². The maximum absolute atomic E-state index is 12.8. The van der Waals surface area contributed by atoms with Crippen LogP contribution in [0, 0.1) is 20.8 Å². The van der Waals surface area contributed by atoms with E-state index in [9.17, 15) is 4.79 Å². The molecule has 1 amide bonds. The van der Waals surface area contributed by atoms with E-state index in [2.05, 4.69) is 24.4 Å². The van der Waals surface area contributed by atoms with Crippen molar-refractivity contribution in [2.24, 2.45) is 0 Å². The molecule has 0 aliphatic heterocycles. The lowest BCUT2D eigenvalue weighted by molar-refractivity contribution is -0.907. The summed E-state index contributed by atoms with van der Waals surface area (Å²) in [4.78, 5) is 13.9. The number of nitrogens with one attached hydrogen (secondary N) is 2. The van der Waals surface area contributed by atoms with Gasteiger partial charge in [-0.25, -0.2) is 0 Å². The third-order valence-electron chi connectivity index (χ3n) is 4.99. The molecule has 2 N–H and O–H groups in total. The van der Waals surface area contributed by atoms with Gasteiger partial charge in [-0.2, -0.15) is 0 Å². The molecule has 2 rings (SSSR count). The Morgan fingerprint density at radius 3 is 2.19 bits per heavy atom. The molecule has 2 aromatic rings. The number of amides is 1. The Morgan fingerprint density at radius 2 is 1.63 bits per heavy atom. The first-order valence-corrected chi connectivity index (χ1v) is 9.18. The zero-order valence-electron chi connectivity index (χ0n) is 17.4. The van der Waals surface area contributed by atoms with Crippen molar-refractivity contribution in [1.82, 2.24) is 0 Å². The minimum absolute atomic E-state index is 0.0167. The van der Waals surface area contributed by atoms with Crippen LogP contribution in [0.2, 0.25) is 0 Å². The number of hydrogen-bond acceptors (Lipinski definition) is 3. The highest BCUT2D eigenvalue weighted by atomic mass is 16.5. The molecule has 0 bridgehead atoms. The molecule has 0 fully saturated rings. The summed E-state index contributed by atoms with van der Waals surface area (Å²) in [6.07, 6.45) is 0. The van der Waals surface area contributed by atoms with Gasteiger partial charge in [0.2, 0.25) is 0 Å². The maximum Gasteiger partial charge on any atom is 0.282 e. The van der Waals surface area contributed by atoms with Gasteiger partial charge >= 0.3 is 0 Å². The lowest BCUT2D eigenvalue weighted by Gasteiger charge is -2.22. The SMILES string of the molecule is COc1ccc(C[NH+](C)[C@@H](C)C(=O)Nc2c(C)cc(C)cc2C)cc1OC. The van der Waals surface area contributed by atoms with Crippen molar-refractivity contribution >= 4 is 11.6 Å². The molecule has 0 radical (unpaired) electrons. The van der Waals surface area contributed by atoms with Gasteiger partial charge in [0, 0.05) is 11.3 Å². The summed E-state index contributed by atoms with van der Waals surface area (Å²) in [6, 6.07) is 9.84. The van der Waals surface area contributed by atoms with Gasteiger partial charge in [0.15, 0.2) is 17.5 Å². The highest BCUT2D eigenvalue weighted by molar-refractivity contribution is 5.95. The number of hydrogen-bond donors (Lipinski definition) is 2. The highest BCUT2D eigenvalue weighted by Gasteiger charge is 2.23. The molecule has 5 heteroatoms. The van der Waals surface area contributed by atoms with Crippen molar-refractivity contribution in [3.8, 4) is 11.5 Å². The van der Waals surface area contributed by atoms with Crippen molar-refractivity contribution in [2.45, 2.75) is 40.3 Å². The molecular formula is C22H31N2O3+. The van der Waals surface area contributed by atoms with E-state index in [1.165, 1.54) is 5.56 Å². The number of quaternary nitrogens is 1. The Bertz CT molecular complexity index is 794. The average molecular weight is 372 g/mol. The number of aryl methyl sites for hydroxylation is 3. The molecule has 0 saturated heterocycles. The van der Waals surface area contributed by atoms with Gasteiger partial charge in [-0.15, -0.1) is 0 Å². The number of benzene rings is 2. The summed E-state index contributed by atoms with van der Waals surface area (Å²) in [5.74, 6) is 1.42. The van der Waals surface area contributed by atoms with E-state index in [1.54, 1.807) is 14.2 Å². The zero-order chi connectivity index (χ0) is 20.1. The predicted molar refractivity (Wildman–Crippen MR) is 109 cm³/mol. The van der Waals surface area contributed by atoms with Gasteiger partial charge in [-0.1, -0.05) is 17.7 Å². The average Bonchev–Trinajstić information content (AvgIpc) is 2.63. The fourth-order valence-corrected chi connectivity index (χ4v) is 3.30. The van der Waals surface area contributed by atoms with Crippen LogP contribution in [0.25, 0.3) is 0 Å². The summed E-state index contributed by atoms with van der Waals surface area (Å²) in [7, 11) is 5.27. The Labute approximate surface area is 162 Å². The van der Waals surface area contributed by atoms with Gasteiger partial charge in [-0.05, 0) is 57.0 Å². The summed E-state index contributed by atoms with van der Waals surface area (Å²) >= 11 is 0. The first-order valence-electron chi connectivity index (χ1n) is 9.18. The van der Waals surface area contributed by atoms with E-state index in [4.69, 9.17) is 9.47 Å². The lowest BCUT2D eigenvalue weighted by Crippen LogP contribution is -3.12. The largest absolute Gasteiger partial charge is 0.493 e. The molecular weight excluding hydrogens is 340 g/mol.